The Kier molecular flexibility index (Phi) is 52.0. The maximum absolute atomic E-state index is 12.3. The number of carbonyl (C=O) groups excluding carboxylic acids is 2. The fourth-order valence-electron chi connectivity index (χ4n) is 7.00. The molecule has 66 heavy (non-hydrogen) atoms. The lowest BCUT2D eigenvalue weighted by molar-refractivity contribution is -0.161. The summed E-state index contributed by atoms with van der Waals surface area (Å²) in [5, 5.41) is 9.64. The second kappa shape index (κ2) is 55.4. The van der Waals surface area contributed by atoms with E-state index in [1.54, 1.807) is 0 Å². The summed E-state index contributed by atoms with van der Waals surface area (Å²) in [6, 6.07) is 0. The normalized spacial score (nSPS) is 13.3. The molecule has 5 heteroatoms. The van der Waals surface area contributed by atoms with E-state index >= 15 is 0 Å². The molecule has 372 valence electrons. The topological polar surface area (TPSA) is 72.8 Å². The fourth-order valence-corrected chi connectivity index (χ4v) is 7.00. The Hall–Kier alpha value is -3.96. The van der Waals surface area contributed by atoms with Gasteiger partial charge in [0, 0.05) is 12.8 Å². The molecule has 0 bridgehead atoms. The van der Waals surface area contributed by atoms with Crippen molar-refractivity contribution in [3.05, 3.63) is 134 Å². The van der Waals surface area contributed by atoms with Gasteiger partial charge in [0.25, 0.3) is 0 Å². The van der Waals surface area contributed by atoms with E-state index in [1.807, 2.05) is 0 Å². The van der Waals surface area contributed by atoms with Crippen molar-refractivity contribution in [1.82, 2.24) is 0 Å². The summed E-state index contributed by atoms with van der Waals surface area (Å²) < 4.78 is 10.7. The van der Waals surface area contributed by atoms with Crippen molar-refractivity contribution < 1.29 is 24.2 Å². The van der Waals surface area contributed by atoms with Crippen LogP contribution >= 0.6 is 0 Å². The van der Waals surface area contributed by atoms with Crippen LogP contribution in [0.15, 0.2) is 134 Å². The van der Waals surface area contributed by atoms with Gasteiger partial charge in [0.05, 0.1) is 6.61 Å². The van der Waals surface area contributed by atoms with Crippen molar-refractivity contribution in [2.24, 2.45) is 0 Å². The molecule has 0 spiro atoms. The number of aliphatic hydroxyl groups excluding tert-OH is 1. The Morgan fingerprint density at radius 1 is 0.348 bits per heavy atom. The smallest absolute Gasteiger partial charge is 0.306 e. The van der Waals surface area contributed by atoms with Crippen LogP contribution in [0, 0.1) is 0 Å². The van der Waals surface area contributed by atoms with Gasteiger partial charge in [0.2, 0.25) is 0 Å². The van der Waals surface area contributed by atoms with E-state index in [2.05, 4.69) is 148 Å². The molecule has 1 atom stereocenters. The van der Waals surface area contributed by atoms with Crippen LogP contribution in [0.25, 0.3) is 0 Å². The van der Waals surface area contributed by atoms with Crippen LogP contribution in [0.3, 0.4) is 0 Å². The summed E-state index contributed by atoms with van der Waals surface area (Å²) in [4.78, 5) is 24.5. The maximum atomic E-state index is 12.3. The first kappa shape index (κ1) is 62.0. The second-order valence-electron chi connectivity index (χ2n) is 17.2. The van der Waals surface area contributed by atoms with Gasteiger partial charge in [-0.25, -0.2) is 0 Å². The van der Waals surface area contributed by atoms with E-state index in [-0.39, 0.29) is 25.2 Å². The maximum Gasteiger partial charge on any atom is 0.306 e. The van der Waals surface area contributed by atoms with Crippen LogP contribution in [0.5, 0.6) is 0 Å². The minimum atomic E-state index is -0.800. The van der Waals surface area contributed by atoms with Crippen molar-refractivity contribution in [2.45, 2.75) is 225 Å². The standard InChI is InChI=1S/C61H98O5/c1-3-5-7-9-11-13-15-17-19-21-23-25-27-29-30-32-33-35-37-39-41-43-45-47-49-51-53-55-60(63)65-58-59(57-62)66-61(64)56-54-52-50-48-46-44-42-40-38-36-34-31-28-26-24-22-20-18-16-14-12-10-8-6-4-2/h5-8,11-14,17-20,23-26,31,34,38,40,44,46,59,62H,3-4,9-10,15-16,21-22,27-30,32-33,35-37,39,41-43,45,47-58H2,1-2H3/b7-5-,8-6-,13-11-,14-12-,19-17-,20-18-,25-23-,26-24-,34-31-,40-38-,46-44-. The molecule has 0 aliphatic carbocycles. The number of allylic oxidation sites excluding steroid dienone is 22. The first-order valence-electron chi connectivity index (χ1n) is 26.7. The molecule has 0 radical (unpaired) electrons. The molecule has 0 aromatic carbocycles. The Balaban J connectivity index is 3.60. The number of rotatable bonds is 47. The van der Waals surface area contributed by atoms with Crippen molar-refractivity contribution in [2.75, 3.05) is 13.2 Å². The van der Waals surface area contributed by atoms with E-state index < -0.39 is 6.10 Å². The predicted molar refractivity (Wildman–Crippen MR) is 288 cm³/mol. The van der Waals surface area contributed by atoms with Gasteiger partial charge < -0.3 is 14.6 Å². The zero-order valence-corrected chi connectivity index (χ0v) is 42.4. The quantitative estimate of drug-likeness (QED) is 0.0374. The molecule has 0 aromatic heterocycles. The van der Waals surface area contributed by atoms with Gasteiger partial charge in [-0.2, -0.15) is 0 Å². The van der Waals surface area contributed by atoms with Crippen LogP contribution in [0.1, 0.15) is 219 Å². The summed E-state index contributed by atoms with van der Waals surface area (Å²) in [5.74, 6) is -0.637. The van der Waals surface area contributed by atoms with Gasteiger partial charge in [0.15, 0.2) is 6.10 Å². The molecule has 0 saturated carbocycles. The largest absolute Gasteiger partial charge is 0.462 e. The van der Waals surface area contributed by atoms with Gasteiger partial charge in [-0.15, -0.1) is 0 Å². The molecule has 0 aliphatic heterocycles. The number of esters is 2. The van der Waals surface area contributed by atoms with Crippen LogP contribution in [-0.2, 0) is 19.1 Å². The van der Waals surface area contributed by atoms with Crippen molar-refractivity contribution >= 4 is 11.9 Å². The molecule has 0 rings (SSSR count). The molecule has 0 saturated heterocycles. The molecule has 1 N–H and O–H groups in total. The summed E-state index contributed by atoms with van der Waals surface area (Å²) in [6.45, 7) is 3.88. The molecule has 0 aliphatic rings. The molecule has 0 heterocycles. The lowest BCUT2D eigenvalue weighted by Crippen LogP contribution is -2.28. The minimum Gasteiger partial charge on any atom is -0.462 e. The van der Waals surface area contributed by atoms with E-state index in [4.69, 9.17) is 9.47 Å². The number of unbranched alkanes of at least 4 members (excludes halogenated alkanes) is 17. The Morgan fingerprint density at radius 3 is 0.924 bits per heavy atom. The van der Waals surface area contributed by atoms with Crippen molar-refractivity contribution in [3.63, 3.8) is 0 Å². The summed E-state index contributed by atoms with van der Waals surface area (Å²) in [7, 11) is 0. The second-order valence-corrected chi connectivity index (χ2v) is 17.2. The summed E-state index contributed by atoms with van der Waals surface area (Å²) >= 11 is 0. The number of ether oxygens (including phenoxy) is 2. The van der Waals surface area contributed by atoms with E-state index in [0.717, 1.165) is 116 Å². The van der Waals surface area contributed by atoms with Crippen molar-refractivity contribution in [1.29, 1.82) is 0 Å². The average molecular weight is 911 g/mol. The van der Waals surface area contributed by atoms with Gasteiger partial charge in [-0.3, -0.25) is 9.59 Å². The summed E-state index contributed by atoms with van der Waals surface area (Å²) in [6.07, 6.45) is 82.6. The molecule has 0 amide bonds. The molecular formula is C61H98O5. The van der Waals surface area contributed by atoms with Gasteiger partial charge in [-0.05, 0) is 109 Å². The lowest BCUT2D eigenvalue weighted by atomic mass is 10.0. The molecule has 0 fully saturated rings. The van der Waals surface area contributed by atoms with Gasteiger partial charge in [0.1, 0.15) is 6.61 Å². The number of hydrogen-bond donors (Lipinski definition) is 1. The van der Waals surface area contributed by atoms with E-state index in [0.29, 0.717) is 12.8 Å². The highest BCUT2D eigenvalue weighted by molar-refractivity contribution is 5.70. The fraction of sp³-hybridized carbons (Fsp3) is 0.607. The average Bonchev–Trinajstić information content (AvgIpc) is 3.32. The highest BCUT2D eigenvalue weighted by Crippen LogP contribution is 2.15. The van der Waals surface area contributed by atoms with Gasteiger partial charge >= 0.3 is 11.9 Å². The highest BCUT2D eigenvalue weighted by atomic mass is 16.6. The molecule has 0 aromatic rings. The monoisotopic (exact) mass is 911 g/mol. The predicted octanol–water partition coefficient (Wildman–Crippen LogP) is 18.1. The first-order valence-corrected chi connectivity index (χ1v) is 26.7. The van der Waals surface area contributed by atoms with Gasteiger partial charge in [-0.1, -0.05) is 231 Å². The highest BCUT2D eigenvalue weighted by Gasteiger charge is 2.16. The Bertz CT molecular complexity index is 1400. The third kappa shape index (κ3) is 52.7. The van der Waals surface area contributed by atoms with E-state index in [9.17, 15) is 14.7 Å². The van der Waals surface area contributed by atoms with Crippen LogP contribution < -0.4 is 0 Å². The Labute approximate surface area is 406 Å². The Morgan fingerprint density at radius 2 is 0.606 bits per heavy atom. The van der Waals surface area contributed by atoms with Crippen LogP contribution in [0.2, 0.25) is 0 Å². The van der Waals surface area contributed by atoms with Crippen LogP contribution in [-0.4, -0.2) is 36.4 Å². The number of aliphatic hydroxyl groups is 1. The van der Waals surface area contributed by atoms with E-state index in [1.165, 1.54) is 77.0 Å². The first-order chi connectivity index (χ1) is 32.6. The molecular weight excluding hydrogens is 813 g/mol. The minimum absolute atomic E-state index is 0.0880. The number of hydrogen-bond acceptors (Lipinski definition) is 5. The number of carbonyl (C=O) groups is 2. The third-order valence-corrected chi connectivity index (χ3v) is 10.9. The zero-order chi connectivity index (χ0) is 47.7. The summed E-state index contributed by atoms with van der Waals surface area (Å²) in [5.41, 5.74) is 0. The lowest BCUT2D eigenvalue weighted by Gasteiger charge is -2.15. The third-order valence-electron chi connectivity index (χ3n) is 10.9. The van der Waals surface area contributed by atoms with Crippen molar-refractivity contribution in [3.8, 4) is 0 Å². The molecule has 5 nitrogen and oxygen atoms in total. The SMILES string of the molecule is CC/C=C\C/C=C\C/C=C\C/C=C\C/C=C\C/C=C\C/C=C\CCCCCC(=O)OC(CO)COC(=O)CCCCCCCCCCCCCCCC/C=C\C/C=C\C/C=C\C/C=C\CC. The molecule has 1 unspecified atom stereocenters. The zero-order valence-electron chi connectivity index (χ0n) is 42.4. The van der Waals surface area contributed by atoms with Crippen LogP contribution in [0.4, 0.5) is 0 Å².